The monoisotopic (exact) mass is 339 g/mol. The molecule has 3 rings (SSSR count). The summed E-state index contributed by atoms with van der Waals surface area (Å²) in [6, 6.07) is 7.97. The quantitative estimate of drug-likeness (QED) is 0.768. The zero-order chi connectivity index (χ0) is 15.4. The molecule has 2 aliphatic rings. The van der Waals surface area contributed by atoms with Crippen molar-refractivity contribution in [1.29, 1.82) is 0 Å². The van der Waals surface area contributed by atoms with Crippen molar-refractivity contribution in [2.75, 3.05) is 32.1 Å². The number of nitrogens with zero attached hydrogens (tertiary/aromatic N) is 1. The summed E-state index contributed by atoms with van der Waals surface area (Å²) in [6.07, 6.45) is 2.78. The van der Waals surface area contributed by atoms with Crippen molar-refractivity contribution in [3.05, 3.63) is 34.9 Å². The van der Waals surface area contributed by atoms with E-state index in [9.17, 15) is 4.79 Å². The van der Waals surface area contributed by atoms with E-state index in [0.29, 0.717) is 12.3 Å². The van der Waals surface area contributed by atoms with Crippen molar-refractivity contribution in [3.8, 4) is 0 Å². The molecule has 0 radical (unpaired) electrons. The number of carbonyl (C=O) groups excluding carboxylic acids is 1. The van der Waals surface area contributed by atoms with Crippen LogP contribution >= 0.6 is 23.4 Å². The molecule has 2 heterocycles. The molecular weight excluding hydrogens is 318 g/mol. The van der Waals surface area contributed by atoms with Gasteiger partial charge in [-0.05, 0) is 30.5 Å². The molecule has 0 aromatic heterocycles. The topological polar surface area (TPSA) is 29.5 Å². The summed E-state index contributed by atoms with van der Waals surface area (Å²) in [5.41, 5.74) is 1.48. The van der Waals surface area contributed by atoms with Crippen LogP contribution in [0.25, 0.3) is 0 Å². The van der Waals surface area contributed by atoms with Crippen LogP contribution < -0.4 is 0 Å². The fourth-order valence-electron chi connectivity index (χ4n) is 3.27. The van der Waals surface area contributed by atoms with Crippen molar-refractivity contribution in [3.63, 3.8) is 0 Å². The van der Waals surface area contributed by atoms with Crippen LogP contribution in [-0.4, -0.2) is 42.9 Å². The van der Waals surface area contributed by atoms with Crippen LogP contribution in [-0.2, 0) is 15.3 Å². The number of benzene rings is 1. The predicted octanol–water partition coefficient (Wildman–Crippen LogP) is 3.60. The minimum atomic E-state index is 0.242. The number of halogens is 1. The number of rotatable bonds is 5. The standard InChI is InChI=1S/C17H22ClNO2S/c18-15-3-1-2-14(10-15)11-22-9-7-19-12-17(5-4-16(19)20)6-8-21-13-17/h1-3,10H,4-9,11-13H2/t17-/m0/s1. The molecule has 5 heteroatoms. The summed E-state index contributed by atoms with van der Waals surface area (Å²) in [4.78, 5) is 14.1. The van der Waals surface area contributed by atoms with E-state index in [1.54, 1.807) is 0 Å². The zero-order valence-corrected chi connectivity index (χ0v) is 14.3. The second kappa shape index (κ2) is 7.24. The molecule has 0 bridgehead atoms. The van der Waals surface area contributed by atoms with Crippen LogP contribution in [0.3, 0.4) is 0 Å². The van der Waals surface area contributed by atoms with Crippen molar-refractivity contribution in [2.24, 2.45) is 5.41 Å². The van der Waals surface area contributed by atoms with Crippen molar-refractivity contribution in [2.45, 2.75) is 25.0 Å². The first-order valence-electron chi connectivity index (χ1n) is 7.85. The lowest BCUT2D eigenvalue weighted by atomic mass is 9.79. The highest BCUT2D eigenvalue weighted by molar-refractivity contribution is 7.98. The highest BCUT2D eigenvalue weighted by Crippen LogP contribution is 2.38. The van der Waals surface area contributed by atoms with Crippen LogP contribution in [0.2, 0.25) is 5.02 Å². The molecule has 1 spiro atoms. The van der Waals surface area contributed by atoms with Gasteiger partial charge < -0.3 is 9.64 Å². The number of piperidine rings is 1. The molecular formula is C17H22ClNO2S. The van der Waals surface area contributed by atoms with Gasteiger partial charge in [0.1, 0.15) is 0 Å². The Kier molecular flexibility index (Phi) is 5.32. The van der Waals surface area contributed by atoms with Crippen molar-refractivity contribution >= 4 is 29.3 Å². The highest BCUT2D eigenvalue weighted by Gasteiger charge is 2.41. The molecule has 1 aromatic carbocycles. The molecule has 2 saturated heterocycles. The fraction of sp³-hybridized carbons (Fsp3) is 0.588. The molecule has 0 unspecified atom stereocenters. The van der Waals surface area contributed by atoms with Gasteiger partial charge in [-0.1, -0.05) is 23.7 Å². The maximum Gasteiger partial charge on any atom is 0.222 e. The van der Waals surface area contributed by atoms with Gasteiger partial charge in [-0.15, -0.1) is 0 Å². The van der Waals surface area contributed by atoms with Gasteiger partial charge >= 0.3 is 0 Å². The third-order valence-corrected chi connectivity index (χ3v) is 5.84. The highest BCUT2D eigenvalue weighted by atomic mass is 35.5. The molecule has 22 heavy (non-hydrogen) atoms. The number of hydrogen-bond acceptors (Lipinski definition) is 3. The molecule has 1 amide bonds. The fourth-order valence-corrected chi connectivity index (χ4v) is 4.39. The molecule has 0 saturated carbocycles. The lowest BCUT2D eigenvalue weighted by Crippen LogP contribution is -2.47. The predicted molar refractivity (Wildman–Crippen MR) is 91.3 cm³/mol. The molecule has 1 atom stereocenters. The molecule has 2 fully saturated rings. The summed E-state index contributed by atoms with van der Waals surface area (Å²) in [6.45, 7) is 3.40. The van der Waals surface area contributed by atoms with Gasteiger partial charge in [-0.2, -0.15) is 11.8 Å². The zero-order valence-electron chi connectivity index (χ0n) is 12.7. The summed E-state index contributed by atoms with van der Waals surface area (Å²) < 4.78 is 5.56. The Bertz CT molecular complexity index is 531. The second-order valence-corrected chi connectivity index (χ2v) is 7.84. The molecule has 0 N–H and O–H groups in total. The number of thioether (sulfide) groups is 1. The number of amides is 1. The molecule has 120 valence electrons. The number of hydrogen-bond donors (Lipinski definition) is 0. The third kappa shape index (κ3) is 3.98. The van der Waals surface area contributed by atoms with E-state index in [-0.39, 0.29) is 5.41 Å². The maximum absolute atomic E-state index is 12.1. The van der Waals surface area contributed by atoms with E-state index < -0.39 is 0 Å². The molecule has 1 aromatic rings. The normalized spacial score (nSPS) is 25.1. The summed E-state index contributed by atoms with van der Waals surface area (Å²) >= 11 is 7.85. The largest absolute Gasteiger partial charge is 0.381 e. The Labute approximate surface area is 141 Å². The van der Waals surface area contributed by atoms with E-state index >= 15 is 0 Å². The summed E-state index contributed by atoms with van der Waals surface area (Å²) in [7, 11) is 0. The van der Waals surface area contributed by atoms with E-state index in [1.165, 1.54) is 5.56 Å². The van der Waals surface area contributed by atoms with Gasteiger partial charge in [0.2, 0.25) is 5.91 Å². The Morgan fingerprint density at radius 1 is 1.36 bits per heavy atom. The van der Waals surface area contributed by atoms with Gasteiger partial charge in [0.25, 0.3) is 0 Å². The van der Waals surface area contributed by atoms with Gasteiger partial charge in [0.15, 0.2) is 0 Å². The second-order valence-electron chi connectivity index (χ2n) is 6.30. The SMILES string of the molecule is O=C1CC[C@]2(CCOC2)CN1CCSCc1cccc(Cl)c1. The summed E-state index contributed by atoms with van der Waals surface area (Å²) in [5, 5.41) is 0.785. The van der Waals surface area contributed by atoms with Gasteiger partial charge in [0, 0.05) is 48.1 Å². The van der Waals surface area contributed by atoms with E-state index in [1.807, 2.05) is 34.9 Å². The first kappa shape index (κ1) is 16.2. The summed E-state index contributed by atoms with van der Waals surface area (Å²) in [5.74, 6) is 2.22. The van der Waals surface area contributed by atoms with E-state index in [0.717, 1.165) is 55.7 Å². The Hall–Kier alpha value is -0.710. The van der Waals surface area contributed by atoms with Gasteiger partial charge in [0.05, 0.1) is 6.61 Å². The van der Waals surface area contributed by atoms with Crippen molar-refractivity contribution < 1.29 is 9.53 Å². The average Bonchev–Trinajstić information content (AvgIpc) is 2.96. The number of likely N-dealkylation sites (tertiary alicyclic amines) is 1. The smallest absolute Gasteiger partial charge is 0.222 e. The van der Waals surface area contributed by atoms with E-state index in [2.05, 4.69) is 6.07 Å². The lowest BCUT2D eigenvalue weighted by molar-refractivity contribution is -0.137. The molecule has 3 nitrogen and oxygen atoms in total. The lowest BCUT2D eigenvalue weighted by Gasteiger charge is -2.39. The van der Waals surface area contributed by atoms with Crippen LogP contribution in [0.4, 0.5) is 0 Å². The van der Waals surface area contributed by atoms with E-state index in [4.69, 9.17) is 16.3 Å². The number of carbonyl (C=O) groups is 1. The van der Waals surface area contributed by atoms with Crippen LogP contribution in [0.1, 0.15) is 24.8 Å². The third-order valence-electron chi connectivity index (χ3n) is 4.60. The number of ether oxygens (including phenoxy) is 1. The first-order valence-corrected chi connectivity index (χ1v) is 9.38. The van der Waals surface area contributed by atoms with Crippen LogP contribution in [0.5, 0.6) is 0 Å². The molecule has 2 aliphatic heterocycles. The van der Waals surface area contributed by atoms with Gasteiger partial charge in [-0.3, -0.25) is 4.79 Å². The Morgan fingerprint density at radius 3 is 3.05 bits per heavy atom. The Balaban J connectivity index is 1.45. The maximum atomic E-state index is 12.1. The van der Waals surface area contributed by atoms with Gasteiger partial charge in [-0.25, -0.2) is 0 Å². The minimum absolute atomic E-state index is 0.242. The minimum Gasteiger partial charge on any atom is -0.381 e. The van der Waals surface area contributed by atoms with Crippen molar-refractivity contribution in [1.82, 2.24) is 4.90 Å². The molecule has 0 aliphatic carbocycles. The van der Waals surface area contributed by atoms with Crippen LogP contribution in [0.15, 0.2) is 24.3 Å². The average molecular weight is 340 g/mol. The Morgan fingerprint density at radius 2 is 2.27 bits per heavy atom. The first-order chi connectivity index (χ1) is 10.7. The van der Waals surface area contributed by atoms with Crippen LogP contribution in [0, 0.1) is 5.41 Å².